The Kier molecular flexibility index (Phi) is 14.5. The van der Waals surface area contributed by atoms with E-state index >= 15 is 0 Å². The molecule has 0 fully saturated rings. The quantitative estimate of drug-likeness (QED) is 0.546. The maximum absolute atomic E-state index is 4.78. The molecule has 0 heterocycles. The molecule has 0 saturated heterocycles. The minimum Gasteiger partial charge on any atom is -0.120 e. The third-order valence-electron chi connectivity index (χ3n) is 2.91. The van der Waals surface area contributed by atoms with Crippen LogP contribution < -0.4 is 0 Å². The topological polar surface area (TPSA) is 0 Å². The molecular formula is C20H32. The summed E-state index contributed by atoms with van der Waals surface area (Å²) in [6.45, 7) is 14.7. The number of hydrogen-bond donors (Lipinski definition) is 0. The lowest BCUT2D eigenvalue weighted by Crippen LogP contribution is -1.85. The van der Waals surface area contributed by atoms with Gasteiger partial charge in [0.15, 0.2) is 0 Å². The Morgan fingerprint density at radius 1 is 1.15 bits per heavy atom. The van der Waals surface area contributed by atoms with E-state index in [0.29, 0.717) is 0 Å². The van der Waals surface area contributed by atoms with Crippen molar-refractivity contribution in [1.82, 2.24) is 0 Å². The number of terminal acetylenes is 1. The van der Waals surface area contributed by atoms with Crippen LogP contribution in [0.15, 0.2) is 24.3 Å². The zero-order valence-electron chi connectivity index (χ0n) is 14.5. The first-order chi connectivity index (χ1) is 9.56. The van der Waals surface area contributed by atoms with E-state index in [2.05, 4.69) is 57.9 Å². The van der Waals surface area contributed by atoms with Crippen LogP contribution in [0.3, 0.4) is 0 Å². The molecule has 0 N–H and O–H groups in total. The van der Waals surface area contributed by atoms with Crippen LogP contribution in [0.5, 0.6) is 0 Å². The second-order valence-electron chi connectivity index (χ2n) is 4.53. The molecule has 0 saturated carbocycles. The maximum Gasteiger partial charge on any atom is 0.00576 e. The Balaban J connectivity index is 0. The first kappa shape index (κ1) is 20.8. The average Bonchev–Trinajstić information content (AvgIpc) is 2.49. The van der Waals surface area contributed by atoms with Crippen molar-refractivity contribution in [3.05, 3.63) is 41.0 Å². The van der Waals surface area contributed by atoms with Gasteiger partial charge < -0.3 is 0 Å². The first-order valence-electron chi connectivity index (χ1n) is 7.74. The molecular weight excluding hydrogens is 240 g/mol. The van der Waals surface area contributed by atoms with Crippen LogP contribution in [0.25, 0.3) is 5.57 Å². The van der Waals surface area contributed by atoms with Crippen molar-refractivity contribution in [3.63, 3.8) is 0 Å². The predicted octanol–water partition coefficient (Wildman–Crippen LogP) is 6.56. The van der Waals surface area contributed by atoms with Crippen LogP contribution in [0.4, 0.5) is 0 Å². The van der Waals surface area contributed by atoms with E-state index < -0.39 is 0 Å². The third-order valence-corrected chi connectivity index (χ3v) is 2.91. The molecule has 112 valence electrons. The molecule has 0 radical (unpaired) electrons. The largest absolute Gasteiger partial charge is 0.120 e. The van der Waals surface area contributed by atoms with Crippen molar-refractivity contribution < 1.29 is 0 Å². The Bertz CT molecular complexity index is 416. The number of rotatable bonds is 3. The lowest BCUT2D eigenvalue weighted by Gasteiger charge is -2.05. The molecule has 0 bridgehead atoms. The second-order valence-corrected chi connectivity index (χ2v) is 4.53. The van der Waals surface area contributed by atoms with Crippen molar-refractivity contribution in [3.8, 4) is 12.3 Å². The average molecular weight is 272 g/mol. The summed E-state index contributed by atoms with van der Waals surface area (Å²) in [6.07, 6.45) is 10.4. The minimum absolute atomic E-state index is 0.847. The van der Waals surface area contributed by atoms with Gasteiger partial charge in [0.2, 0.25) is 0 Å². The normalized spacial score (nSPS) is 9.60. The van der Waals surface area contributed by atoms with Crippen molar-refractivity contribution in [2.75, 3.05) is 0 Å². The second kappa shape index (κ2) is 13.9. The molecule has 0 nitrogen and oxygen atoms in total. The van der Waals surface area contributed by atoms with Gasteiger partial charge in [-0.1, -0.05) is 58.4 Å². The number of allylic oxidation sites excluding steroid dienone is 2. The summed E-state index contributed by atoms with van der Waals surface area (Å²) in [5, 5.41) is 0. The van der Waals surface area contributed by atoms with Gasteiger partial charge in [-0.3, -0.25) is 0 Å². The third kappa shape index (κ3) is 9.45. The fourth-order valence-electron chi connectivity index (χ4n) is 1.47. The Labute approximate surface area is 127 Å². The molecule has 1 rings (SSSR count). The first-order valence-corrected chi connectivity index (χ1v) is 7.74. The van der Waals surface area contributed by atoms with Crippen LogP contribution >= 0.6 is 0 Å². The Morgan fingerprint density at radius 2 is 1.70 bits per heavy atom. The zero-order valence-corrected chi connectivity index (χ0v) is 14.5. The lowest BCUT2D eigenvalue weighted by atomic mass is 10.0. The van der Waals surface area contributed by atoms with Gasteiger partial charge in [-0.25, -0.2) is 0 Å². The molecule has 0 aliphatic carbocycles. The standard InChI is InChI=1S/C14H20.C4H6.C2H6/c1-5-6-7-12(3)14-9-8-11(2)13(4)10-14;1-3-4-2;1-2/h7-10H,5-6H2,1-4H3;1H,4H2,2H3;1-2H3/b12-7+;;. The smallest absolute Gasteiger partial charge is 0.00576 e. The summed E-state index contributed by atoms with van der Waals surface area (Å²) in [4.78, 5) is 0. The zero-order chi connectivity index (χ0) is 16.0. The maximum atomic E-state index is 4.78. The van der Waals surface area contributed by atoms with Gasteiger partial charge in [0.05, 0.1) is 0 Å². The predicted molar refractivity (Wildman–Crippen MR) is 94.9 cm³/mol. The Morgan fingerprint density at radius 3 is 2.10 bits per heavy atom. The summed E-state index contributed by atoms with van der Waals surface area (Å²) in [5.74, 6) is 2.43. The highest BCUT2D eigenvalue weighted by molar-refractivity contribution is 5.64. The van der Waals surface area contributed by atoms with Gasteiger partial charge in [0, 0.05) is 6.42 Å². The molecule has 0 aromatic heterocycles. The molecule has 0 amide bonds. The van der Waals surface area contributed by atoms with E-state index in [9.17, 15) is 0 Å². The van der Waals surface area contributed by atoms with Crippen LogP contribution in [0.1, 0.15) is 70.6 Å². The molecule has 0 heteroatoms. The fraction of sp³-hybridized carbons (Fsp3) is 0.500. The van der Waals surface area contributed by atoms with Gasteiger partial charge in [-0.05, 0) is 49.5 Å². The van der Waals surface area contributed by atoms with Gasteiger partial charge in [0.1, 0.15) is 0 Å². The molecule has 0 spiro atoms. The van der Waals surface area contributed by atoms with E-state index in [-0.39, 0.29) is 0 Å². The van der Waals surface area contributed by atoms with Gasteiger partial charge in [-0.2, -0.15) is 0 Å². The molecule has 1 aromatic rings. The number of hydrogen-bond acceptors (Lipinski definition) is 0. The Hall–Kier alpha value is -1.48. The van der Waals surface area contributed by atoms with Crippen LogP contribution in [-0.2, 0) is 0 Å². The highest BCUT2D eigenvalue weighted by Crippen LogP contribution is 2.18. The van der Waals surface area contributed by atoms with Crippen molar-refractivity contribution >= 4 is 5.57 Å². The summed E-state index contributed by atoms with van der Waals surface area (Å²) < 4.78 is 0. The van der Waals surface area contributed by atoms with E-state index in [1.165, 1.54) is 35.1 Å². The molecule has 20 heavy (non-hydrogen) atoms. The van der Waals surface area contributed by atoms with Crippen molar-refractivity contribution in [1.29, 1.82) is 0 Å². The summed E-state index contributed by atoms with van der Waals surface area (Å²) in [5.41, 5.74) is 5.51. The van der Waals surface area contributed by atoms with Crippen molar-refractivity contribution in [2.24, 2.45) is 0 Å². The van der Waals surface area contributed by atoms with E-state index in [0.717, 1.165) is 6.42 Å². The highest BCUT2D eigenvalue weighted by atomic mass is 14.0. The van der Waals surface area contributed by atoms with Crippen molar-refractivity contribution in [2.45, 2.75) is 67.7 Å². The lowest BCUT2D eigenvalue weighted by molar-refractivity contribution is 0.959. The SMILES string of the molecule is C#CCC.CC.CCC/C=C(\C)c1ccc(C)c(C)c1. The summed E-state index contributed by atoms with van der Waals surface area (Å²) in [7, 11) is 0. The molecule has 0 unspecified atom stereocenters. The number of aryl methyl sites for hydroxylation is 2. The van der Waals surface area contributed by atoms with Crippen LogP contribution in [0, 0.1) is 26.2 Å². The molecule has 0 aliphatic rings. The molecule has 1 aromatic carbocycles. The van der Waals surface area contributed by atoms with Gasteiger partial charge in [-0.15, -0.1) is 12.3 Å². The van der Waals surface area contributed by atoms with Gasteiger partial charge >= 0.3 is 0 Å². The van der Waals surface area contributed by atoms with E-state index in [1.54, 1.807) is 0 Å². The molecule has 0 aliphatic heterocycles. The molecule has 0 atom stereocenters. The van der Waals surface area contributed by atoms with Crippen LogP contribution in [0.2, 0.25) is 0 Å². The minimum atomic E-state index is 0.847. The van der Waals surface area contributed by atoms with E-state index in [1.807, 2.05) is 20.8 Å². The monoisotopic (exact) mass is 272 g/mol. The van der Waals surface area contributed by atoms with Gasteiger partial charge in [0.25, 0.3) is 0 Å². The number of unbranched alkanes of at least 4 members (excludes halogenated alkanes) is 1. The highest BCUT2D eigenvalue weighted by Gasteiger charge is 1.97. The number of benzene rings is 1. The summed E-state index contributed by atoms with van der Waals surface area (Å²) in [6, 6.07) is 6.69. The summed E-state index contributed by atoms with van der Waals surface area (Å²) >= 11 is 0. The fourth-order valence-corrected chi connectivity index (χ4v) is 1.47. The van der Waals surface area contributed by atoms with Crippen LogP contribution in [-0.4, -0.2) is 0 Å². The van der Waals surface area contributed by atoms with E-state index in [4.69, 9.17) is 6.42 Å².